The van der Waals surface area contributed by atoms with Crippen LogP contribution in [-0.4, -0.2) is 32.1 Å². The number of carbonyl (C=O) groups is 2. The highest BCUT2D eigenvalue weighted by Gasteiger charge is 2.56. The van der Waals surface area contributed by atoms with Crippen LogP contribution in [0.15, 0.2) is 18.2 Å². The van der Waals surface area contributed by atoms with Crippen molar-refractivity contribution in [2.45, 2.75) is 19.0 Å². The Labute approximate surface area is 141 Å². The van der Waals surface area contributed by atoms with Crippen molar-refractivity contribution in [1.82, 2.24) is 5.32 Å². The Morgan fingerprint density at radius 1 is 1.29 bits per heavy atom. The molecule has 0 radical (unpaired) electrons. The fourth-order valence-electron chi connectivity index (χ4n) is 2.16. The molecule has 0 aliphatic heterocycles. The SMILES string of the molecule is COCCNC(=O)C1(C(=O)Nc2cc(C(F)(F)F)ccc2Cl)CC1. The number of anilines is 1. The first-order valence-corrected chi connectivity index (χ1v) is 7.54. The topological polar surface area (TPSA) is 67.4 Å². The summed E-state index contributed by atoms with van der Waals surface area (Å²) < 4.78 is 43.1. The number of halogens is 4. The maximum absolute atomic E-state index is 12.8. The maximum atomic E-state index is 12.8. The number of amides is 2. The lowest BCUT2D eigenvalue weighted by Gasteiger charge is -2.17. The van der Waals surface area contributed by atoms with Crippen molar-refractivity contribution in [1.29, 1.82) is 0 Å². The van der Waals surface area contributed by atoms with Gasteiger partial charge in [-0.3, -0.25) is 9.59 Å². The highest BCUT2D eigenvalue weighted by molar-refractivity contribution is 6.34. The Balaban J connectivity index is 2.11. The number of ether oxygens (including phenoxy) is 1. The molecule has 1 aliphatic rings. The average Bonchev–Trinajstić information content (AvgIpc) is 3.30. The van der Waals surface area contributed by atoms with Crippen LogP contribution < -0.4 is 10.6 Å². The molecule has 0 bridgehead atoms. The molecule has 5 nitrogen and oxygen atoms in total. The molecule has 0 saturated heterocycles. The first-order chi connectivity index (χ1) is 11.2. The van der Waals surface area contributed by atoms with Gasteiger partial charge in [0.25, 0.3) is 0 Å². The van der Waals surface area contributed by atoms with E-state index in [0.29, 0.717) is 19.4 Å². The Kier molecular flexibility index (Phi) is 5.39. The highest BCUT2D eigenvalue weighted by Crippen LogP contribution is 2.47. The zero-order valence-corrected chi connectivity index (χ0v) is 13.6. The van der Waals surface area contributed by atoms with Crippen molar-refractivity contribution >= 4 is 29.1 Å². The molecule has 24 heavy (non-hydrogen) atoms. The summed E-state index contributed by atoms with van der Waals surface area (Å²) in [5, 5.41) is 4.86. The number of carbonyl (C=O) groups excluding carboxylic acids is 2. The summed E-state index contributed by atoms with van der Waals surface area (Å²) in [6, 6.07) is 2.62. The second-order valence-corrected chi connectivity index (χ2v) is 5.88. The van der Waals surface area contributed by atoms with Crippen molar-refractivity contribution in [3.8, 4) is 0 Å². The smallest absolute Gasteiger partial charge is 0.383 e. The molecule has 0 unspecified atom stereocenters. The molecule has 1 fully saturated rings. The van der Waals surface area contributed by atoms with Crippen LogP contribution >= 0.6 is 11.6 Å². The van der Waals surface area contributed by atoms with Crippen LogP contribution in [0, 0.1) is 5.41 Å². The first kappa shape index (κ1) is 18.5. The Morgan fingerprint density at radius 3 is 2.50 bits per heavy atom. The summed E-state index contributed by atoms with van der Waals surface area (Å²) in [4.78, 5) is 24.4. The van der Waals surface area contributed by atoms with E-state index >= 15 is 0 Å². The molecule has 0 atom stereocenters. The molecule has 1 aromatic carbocycles. The third kappa shape index (κ3) is 3.99. The number of rotatable bonds is 6. The van der Waals surface area contributed by atoms with Crippen LogP contribution in [-0.2, 0) is 20.5 Å². The average molecular weight is 365 g/mol. The van der Waals surface area contributed by atoms with E-state index in [4.69, 9.17) is 16.3 Å². The van der Waals surface area contributed by atoms with Crippen LogP contribution in [0.25, 0.3) is 0 Å². The maximum Gasteiger partial charge on any atom is 0.416 e. The van der Waals surface area contributed by atoms with Crippen molar-refractivity contribution in [2.75, 3.05) is 25.6 Å². The van der Waals surface area contributed by atoms with E-state index in [2.05, 4.69) is 10.6 Å². The standard InChI is InChI=1S/C15H16ClF3N2O3/c1-24-7-6-20-12(22)14(4-5-14)13(23)21-11-8-9(15(17,18)19)2-3-10(11)16/h2-3,8H,4-7H2,1H3,(H,20,22)(H,21,23). The van der Waals surface area contributed by atoms with E-state index in [1.807, 2.05) is 0 Å². The molecule has 1 saturated carbocycles. The van der Waals surface area contributed by atoms with Gasteiger partial charge in [-0.15, -0.1) is 0 Å². The van der Waals surface area contributed by atoms with Crippen molar-refractivity contribution in [3.05, 3.63) is 28.8 Å². The molecular formula is C15H16ClF3N2O3. The summed E-state index contributed by atoms with van der Waals surface area (Å²) in [6.07, 6.45) is -3.90. The van der Waals surface area contributed by atoms with Gasteiger partial charge in [-0.25, -0.2) is 0 Å². The van der Waals surface area contributed by atoms with Crippen molar-refractivity contribution < 1.29 is 27.5 Å². The molecule has 0 spiro atoms. The molecule has 1 aromatic rings. The largest absolute Gasteiger partial charge is 0.416 e. The van der Waals surface area contributed by atoms with Gasteiger partial charge in [-0.05, 0) is 31.0 Å². The number of methoxy groups -OCH3 is 1. The van der Waals surface area contributed by atoms with Gasteiger partial charge in [-0.1, -0.05) is 11.6 Å². The second kappa shape index (κ2) is 6.98. The first-order valence-electron chi connectivity index (χ1n) is 7.16. The number of alkyl halides is 3. The van der Waals surface area contributed by atoms with Gasteiger partial charge in [0.05, 0.1) is 22.9 Å². The third-order valence-corrected chi connectivity index (χ3v) is 4.08. The van der Waals surface area contributed by atoms with Crippen LogP contribution in [0.5, 0.6) is 0 Å². The molecule has 9 heteroatoms. The highest BCUT2D eigenvalue weighted by atomic mass is 35.5. The monoisotopic (exact) mass is 364 g/mol. The van der Waals surface area contributed by atoms with Gasteiger partial charge < -0.3 is 15.4 Å². The summed E-state index contributed by atoms with van der Waals surface area (Å²) in [5.41, 5.74) is -2.37. The van der Waals surface area contributed by atoms with Gasteiger partial charge in [0, 0.05) is 13.7 Å². The number of nitrogens with one attached hydrogen (secondary N) is 2. The quantitative estimate of drug-likeness (QED) is 0.602. The number of benzene rings is 1. The van der Waals surface area contributed by atoms with E-state index in [1.54, 1.807) is 0 Å². The fraction of sp³-hybridized carbons (Fsp3) is 0.467. The number of hydrogen-bond donors (Lipinski definition) is 2. The van der Waals surface area contributed by atoms with E-state index in [0.717, 1.165) is 18.2 Å². The lowest BCUT2D eigenvalue weighted by Crippen LogP contribution is -2.41. The Bertz CT molecular complexity index is 645. The van der Waals surface area contributed by atoms with Gasteiger partial charge in [0.1, 0.15) is 5.41 Å². The summed E-state index contributed by atoms with van der Waals surface area (Å²) >= 11 is 5.84. The molecule has 0 aromatic heterocycles. The molecule has 1 aliphatic carbocycles. The third-order valence-electron chi connectivity index (χ3n) is 3.75. The predicted molar refractivity (Wildman–Crippen MR) is 81.6 cm³/mol. The lowest BCUT2D eigenvalue weighted by atomic mass is 10.0. The van der Waals surface area contributed by atoms with Gasteiger partial charge >= 0.3 is 6.18 Å². The van der Waals surface area contributed by atoms with Crippen LogP contribution in [0.1, 0.15) is 18.4 Å². The molecule has 0 heterocycles. The zero-order chi connectivity index (χ0) is 18.0. The fourth-order valence-corrected chi connectivity index (χ4v) is 2.32. The van der Waals surface area contributed by atoms with E-state index in [1.165, 1.54) is 7.11 Å². The number of hydrogen-bond acceptors (Lipinski definition) is 3. The summed E-state index contributed by atoms with van der Waals surface area (Å²) in [6.45, 7) is 0.539. The summed E-state index contributed by atoms with van der Waals surface area (Å²) in [7, 11) is 1.47. The molecule has 2 rings (SSSR count). The van der Waals surface area contributed by atoms with Crippen LogP contribution in [0.2, 0.25) is 5.02 Å². The van der Waals surface area contributed by atoms with E-state index < -0.39 is 29.0 Å². The van der Waals surface area contributed by atoms with Gasteiger partial charge in [-0.2, -0.15) is 13.2 Å². The molecule has 132 valence electrons. The second-order valence-electron chi connectivity index (χ2n) is 5.48. The van der Waals surface area contributed by atoms with E-state index in [-0.39, 0.29) is 17.3 Å². The molecular weight excluding hydrogens is 349 g/mol. The summed E-state index contributed by atoms with van der Waals surface area (Å²) in [5.74, 6) is -1.14. The zero-order valence-electron chi connectivity index (χ0n) is 12.8. The molecule has 2 N–H and O–H groups in total. The minimum atomic E-state index is -4.56. The van der Waals surface area contributed by atoms with Crippen LogP contribution in [0.3, 0.4) is 0 Å². The van der Waals surface area contributed by atoms with Crippen molar-refractivity contribution in [3.63, 3.8) is 0 Å². The van der Waals surface area contributed by atoms with Gasteiger partial charge in [0.15, 0.2) is 0 Å². The Hall–Kier alpha value is -1.80. The molecule has 2 amide bonds. The van der Waals surface area contributed by atoms with E-state index in [9.17, 15) is 22.8 Å². The van der Waals surface area contributed by atoms with Crippen molar-refractivity contribution in [2.24, 2.45) is 5.41 Å². The Morgan fingerprint density at radius 2 is 1.96 bits per heavy atom. The lowest BCUT2D eigenvalue weighted by molar-refractivity contribution is -0.138. The minimum absolute atomic E-state index is 0.0352. The minimum Gasteiger partial charge on any atom is -0.383 e. The van der Waals surface area contributed by atoms with Gasteiger partial charge in [0.2, 0.25) is 11.8 Å². The van der Waals surface area contributed by atoms with Crippen LogP contribution in [0.4, 0.5) is 18.9 Å². The predicted octanol–water partition coefficient (Wildman–Crippen LogP) is 2.84. The normalized spacial score (nSPS) is 15.7.